The molecule has 1 saturated heterocycles. The first kappa shape index (κ1) is 35.7. The van der Waals surface area contributed by atoms with Crippen LogP contribution in [-0.2, 0) is 28.6 Å². The Hall–Kier alpha value is -2.61. The van der Waals surface area contributed by atoms with Crippen LogP contribution in [0.5, 0.6) is 0 Å². The zero-order chi connectivity index (χ0) is 34.7. The van der Waals surface area contributed by atoms with Gasteiger partial charge in [0.1, 0.15) is 12.2 Å². The van der Waals surface area contributed by atoms with Crippen LogP contribution in [0.3, 0.4) is 0 Å². The minimum atomic E-state index is -1.67. The van der Waals surface area contributed by atoms with Gasteiger partial charge in [0, 0.05) is 35.9 Å². The Morgan fingerprint density at radius 1 is 1.15 bits per heavy atom. The van der Waals surface area contributed by atoms with Crippen LogP contribution < -0.4 is 5.48 Å². The first-order chi connectivity index (χ1) is 22.0. The first-order valence-electron chi connectivity index (χ1n) is 16.8. The topological polar surface area (TPSA) is 172 Å². The number of ether oxygens (including phenoxy) is 3. The van der Waals surface area contributed by atoms with Crippen molar-refractivity contribution < 1.29 is 49.1 Å². The summed E-state index contributed by atoms with van der Waals surface area (Å²) in [6.45, 7) is 12.9. The molecule has 0 aromatic heterocycles. The van der Waals surface area contributed by atoms with E-state index in [4.69, 9.17) is 14.2 Å². The number of hydrogen-bond acceptors (Lipinski definition) is 11. The standard InChI is InChI=1S/C35H50BNO10/c1-8-24(39)47-28(26(36-17-37-44)20-12-10-9-11-13-20)31(42)46-21-15-35(43)19(3)29-33(6)16-45-23(33)14-22(38)34(29,7)30(41)27(40)25(18(21)2)32(35,4)5/h9-13,19,21-23,26-29,36-38,40,43-44H,8,14-17H2,1-7H3/t19-,21-,22-,23+,26-,27+,28+,29+,33+,34+,35+/m0/s1. The molecule has 0 spiro atoms. The van der Waals surface area contributed by atoms with Crippen molar-refractivity contribution in [3.05, 3.63) is 47.0 Å². The Morgan fingerprint density at radius 3 is 2.38 bits per heavy atom. The van der Waals surface area contributed by atoms with Crippen molar-refractivity contribution in [3.8, 4) is 0 Å². The summed E-state index contributed by atoms with van der Waals surface area (Å²) in [5, 5.41) is 45.7. The largest absolute Gasteiger partial charge is 0.455 e. The second-order valence-electron chi connectivity index (χ2n) is 15.1. The molecule has 2 bridgehead atoms. The number of nitrogens with one attached hydrogen (secondary N) is 1. The van der Waals surface area contributed by atoms with Gasteiger partial charge in [0.15, 0.2) is 19.2 Å². The molecular weight excluding hydrogens is 605 g/mol. The third-order valence-electron chi connectivity index (χ3n) is 12.5. The fourth-order valence-electron chi connectivity index (χ4n) is 9.71. The van der Waals surface area contributed by atoms with Gasteiger partial charge >= 0.3 is 11.9 Å². The van der Waals surface area contributed by atoms with Crippen molar-refractivity contribution >= 4 is 25.0 Å². The Kier molecular flexibility index (Phi) is 9.64. The van der Waals surface area contributed by atoms with E-state index in [1.165, 1.54) is 0 Å². The third-order valence-corrected chi connectivity index (χ3v) is 12.5. The number of rotatable bonds is 9. The summed E-state index contributed by atoms with van der Waals surface area (Å²) >= 11 is 0. The lowest BCUT2D eigenvalue weighted by Crippen LogP contribution is -2.75. The van der Waals surface area contributed by atoms with E-state index in [9.17, 15) is 34.9 Å². The number of hydrogen-bond donors (Lipinski definition) is 5. The number of aliphatic hydroxyl groups excluding tert-OH is 2. The highest BCUT2D eigenvalue weighted by molar-refractivity contribution is 6.39. The lowest BCUT2D eigenvalue weighted by Gasteiger charge is -2.68. The van der Waals surface area contributed by atoms with Gasteiger partial charge in [-0.3, -0.25) is 9.59 Å². The molecule has 11 atom stereocenters. The molecule has 0 radical (unpaired) electrons. The van der Waals surface area contributed by atoms with Gasteiger partial charge in [-0.1, -0.05) is 65.0 Å². The minimum absolute atomic E-state index is 0.0191. The van der Waals surface area contributed by atoms with Gasteiger partial charge in [0.25, 0.3) is 0 Å². The highest BCUT2D eigenvalue weighted by Gasteiger charge is 2.72. The molecule has 258 valence electrons. The first-order valence-corrected chi connectivity index (χ1v) is 16.8. The zero-order valence-electron chi connectivity index (χ0n) is 28.5. The molecule has 2 saturated carbocycles. The predicted octanol–water partition coefficient (Wildman–Crippen LogP) is 2.18. The van der Waals surface area contributed by atoms with Gasteiger partial charge in [0.2, 0.25) is 0 Å². The molecule has 0 unspecified atom stereocenters. The molecule has 0 amide bonds. The van der Waals surface area contributed by atoms with Crippen LogP contribution in [0.2, 0.25) is 0 Å². The minimum Gasteiger partial charge on any atom is -0.455 e. The van der Waals surface area contributed by atoms with E-state index >= 15 is 0 Å². The number of aliphatic hydroxyl groups is 3. The van der Waals surface area contributed by atoms with E-state index in [1.807, 2.05) is 19.9 Å². The highest BCUT2D eigenvalue weighted by Crippen LogP contribution is 2.66. The maximum atomic E-state index is 14.4. The van der Waals surface area contributed by atoms with Gasteiger partial charge in [0.05, 0.1) is 29.8 Å². The maximum absolute atomic E-state index is 14.4. The SMILES string of the molecule is CCC(=O)O[C@@H](C(=O)O[C@H]1C[C@@]2(O)[C@@H](C)[C@@H]3[C@]4(C)CO[C@@H]4C[C@H](O)[C@@]3(C)C(=O)[C@H](O)C(=C1C)C2(C)C)[C@@H](BCNO)c1ccccc1. The van der Waals surface area contributed by atoms with Crippen LogP contribution in [0.1, 0.15) is 79.1 Å². The van der Waals surface area contributed by atoms with Gasteiger partial charge in [-0.2, -0.15) is 0 Å². The molecule has 3 fully saturated rings. The monoisotopic (exact) mass is 655 g/mol. The van der Waals surface area contributed by atoms with Crippen LogP contribution in [-0.4, -0.2) is 94.7 Å². The number of carbonyl (C=O) groups excluding carboxylic acids is 3. The Balaban J connectivity index is 1.59. The summed E-state index contributed by atoms with van der Waals surface area (Å²) in [5.41, 5.74) is -1.13. The maximum Gasteiger partial charge on any atom is 0.347 e. The molecule has 5 rings (SSSR count). The lowest BCUT2D eigenvalue weighted by molar-refractivity contribution is -0.302. The molecule has 12 heteroatoms. The van der Waals surface area contributed by atoms with E-state index in [-0.39, 0.29) is 44.7 Å². The van der Waals surface area contributed by atoms with Gasteiger partial charge in [-0.05, 0) is 48.8 Å². The van der Waals surface area contributed by atoms with E-state index < -0.39 is 81.6 Å². The second-order valence-corrected chi connectivity index (χ2v) is 15.1. The lowest BCUT2D eigenvalue weighted by atomic mass is 9.40. The smallest absolute Gasteiger partial charge is 0.347 e. The zero-order valence-corrected chi connectivity index (χ0v) is 28.5. The van der Waals surface area contributed by atoms with Gasteiger partial charge in [-0.15, -0.1) is 0 Å². The van der Waals surface area contributed by atoms with Gasteiger partial charge < -0.3 is 34.7 Å². The van der Waals surface area contributed by atoms with Crippen molar-refractivity contribution in [1.29, 1.82) is 0 Å². The average Bonchev–Trinajstić information content (AvgIpc) is 3.03. The third kappa shape index (κ3) is 5.40. The van der Waals surface area contributed by atoms with Crippen molar-refractivity contribution in [3.63, 3.8) is 0 Å². The van der Waals surface area contributed by atoms with Crippen LogP contribution in [0.15, 0.2) is 41.5 Å². The molecule has 1 aromatic carbocycles. The highest BCUT2D eigenvalue weighted by atomic mass is 16.6. The summed E-state index contributed by atoms with van der Waals surface area (Å²) in [4.78, 5) is 41.2. The van der Waals surface area contributed by atoms with E-state index in [1.54, 1.807) is 58.9 Å². The number of benzene rings is 1. The van der Waals surface area contributed by atoms with Crippen LogP contribution in [0.4, 0.5) is 0 Å². The number of esters is 2. The molecule has 47 heavy (non-hydrogen) atoms. The summed E-state index contributed by atoms with van der Waals surface area (Å²) in [7, 11) is 0.230. The van der Waals surface area contributed by atoms with Crippen LogP contribution in [0, 0.1) is 28.1 Å². The van der Waals surface area contributed by atoms with Crippen molar-refractivity contribution in [1.82, 2.24) is 5.48 Å². The quantitative estimate of drug-likeness (QED) is 0.114. The van der Waals surface area contributed by atoms with Crippen molar-refractivity contribution in [2.45, 2.75) is 110 Å². The number of Topliss-reactive ketones (excluding diaryl/α,β-unsaturated/α-hetero) is 1. The second kappa shape index (κ2) is 12.7. The van der Waals surface area contributed by atoms with Crippen LogP contribution in [0.25, 0.3) is 0 Å². The summed E-state index contributed by atoms with van der Waals surface area (Å²) in [6, 6.07) is 9.03. The summed E-state index contributed by atoms with van der Waals surface area (Å²) in [6.07, 6.45) is -5.17. The van der Waals surface area contributed by atoms with Crippen molar-refractivity contribution in [2.75, 3.05) is 13.1 Å². The Bertz CT molecular complexity index is 1420. The average molecular weight is 656 g/mol. The molecule has 4 aliphatic rings. The number of carbonyl (C=O) groups is 3. The molecule has 1 aliphatic heterocycles. The number of fused-ring (bicyclic) bond motifs is 5. The van der Waals surface area contributed by atoms with Crippen molar-refractivity contribution in [2.24, 2.45) is 28.1 Å². The predicted molar refractivity (Wildman–Crippen MR) is 172 cm³/mol. The Morgan fingerprint density at radius 2 is 1.81 bits per heavy atom. The molecule has 11 nitrogen and oxygen atoms in total. The van der Waals surface area contributed by atoms with Gasteiger partial charge in [-0.25, -0.2) is 10.3 Å². The van der Waals surface area contributed by atoms with E-state index in [0.717, 1.165) is 0 Å². The number of ketones is 1. The molecule has 1 heterocycles. The summed E-state index contributed by atoms with van der Waals surface area (Å²) in [5.74, 6) is -3.81. The summed E-state index contributed by atoms with van der Waals surface area (Å²) < 4.78 is 17.7. The van der Waals surface area contributed by atoms with Crippen LogP contribution >= 0.6 is 0 Å². The molecule has 5 N–H and O–H groups in total. The fraction of sp³-hybridized carbons (Fsp3) is 0.686. The fourth-order valence-corrected chi connectivity index (χ4v) is 9.71. The molecule has 1 aromatic rings. The Labute approximate surface area is 277 Å². The normalized spacial score (nSPS) is 38.8. The van der Waals surface area contributed by atoms with E-state index in [2.05, 4.69) is 5.48 Å². The van der Waals surface area contributed by atoms with E-state index in [0.29, 0.717) is 17.7 Å². The number of hydroxylamine groups is 1. The molecule has 3 aliphatic carbocycles. The molecular formula is C35H50BNO10.